The number of benzene rings is 3. The van der Waals surface area contributed by atoms with Gasteiger partial charge >= 0.3 is 6.09 Å². The summed E-state index contributed by atoms with van der Waals surface area (Å²) in [7, 11) is 3.09. The van der Waals surface area contributed by atoms with E-state index in [2.05, 4.69) is 15.3 Å². The molecule has 1 amide bonds. The summed E-state index contributed by atoms with van der Waals surface area (Å²) in [6, 6.07) is 15.9. The summed E-state index contributed by atoms with van der Waals surface area (Å²) in [5, 5.41) is 3.26. The first kappa shape index (κ1) is 23.6. The highest BCUT2D eigenvalue weighted by atomic mass is 19.1. The standard InChI is InChI=1S/C25H22FN3O6/c1-31-22-13-20-21(14-23(22)32-2)27-15-28-24(20)35-18-8-6-17(7-9-18)29-25(30)34-11-10-33-19-5-3-4-16(26)12-19/h3-9,12-15H,10-11H2,1-2H3,(H,29,30). The van der Waals surface area contributed by atoms with Crippen LogP contribution in [0.4, 0.5) is 14.9 Å². The lowest BCUT2D eigenvalue weighted by atomic mass is 10.2. The summed E-state index contributed by atoms with van der Waals surface area (Å²) >= 11 is 0. The van der Waals surface area contributed by atoms with E-state index in [1.54, 1.807) is 56.7 Å². The highest BCUT2D eigenvalue weighted by molar-refractivity contribution is 5.87. The topological polar surface area (TPSA) is 101 Å². The molecule has 180 valence electrons. The van der Waals surface area contributed by atoms with E-state index in [0.717, 1.165) is 0 Å². The SMILES string of the molecule is COc1cc2ncnc(Oc3ccc(NC(=O)OCCOc4cccc(F)c4)cc3)c2cc1OC. The van der Waals surface area contributed by atoms with E-state index in [9.17, 15) is 9.18 Å². The average Bonchev–Trinajstić information content (AvgIpc) is 2.87. The number of hydrogen-bond donors (Lipinski definition) is 1. The van der Waals surface area contributed by atoms with Crippen molar-refractivity contribution in [3.8, 4) is 28.9 Å². The van der Waals surface area contributed by atoms with Crippen LogP contribution in [0.25, 0.3) is 10.9 Å². The predicted octanol–water partition coefficient (Wildman–Crippen LogP) is 5.21. The van der Waals surface area contributed by atoms with Gasteiger partial charge in [-0.05, 0) is 42.5 Å². The first-order valence-electron chi connectivity index (χ1n) is 10.5. The van der Waals surface area contributed by atoms with Gasteiger partial charge in [0, 0.05) is 17.8 Å². The third-order valence-corrected chi connectivity index (χ3v) is 4.80. The molecule has 0 spiro atoms. The number of halogens is 1. The largest absolute Gasteiger partial charge is 0.493 e. The quantitative estimate of drug-likeness (QED) is 0.327. The number of aromatic nitrogens is 2. The van der Waals surface area contributed by atoms with E-state index < -0.39 is 11.9 Å². The van der Waals surface area contributed by atoms with Gasteiger partial charge in [0.25, 0.3) is 0 Å². The number of nitrogens with one attached hydrogen (secondary N) is 1. The Balaban J connectivity index is 1.32. The molecule has 0 saturated heterocycles. The van der Waals surface area contributed by atoms with Crippen molar-refractivity contribution in [2.24, 2.45) is 0 Å². The number of methoxy groups -OCH3 is 2. The summed E-state index contributed by atoms with van der Waals surface area (Å²) < 4.78 is 40.1. The van der Waals surface area contributed by atoms with E-state index in [4.69, 9.17) is 23.7 Å². The molecule has 0 aliphatic rings. The highest BCUT2D eigenvalue weighted by Crippen LogP contribution is 2.35. The van der Waals surface area contributed by atoms with Crippen LogP contribution < -0.4 is 24.3 Å². The number of fused-ring (bicyclic) bond motifs is 1. The zero-order chi connectivity index (χ0) is 24.6. The van der Waals surface area contributed by atoms with Crippen molar-refractivity contribution in [1.29, 1.82) is 0 Å². The molecule has 4 rings (SSSR count). The second kappa shape index (κ2) is 11.0. The second-order valence-corrected chi connectivity index (χ2v) is 7.10. The van der Waals surface area contributed by atoms with E-state index in [1.165, 1.54) is 24.5 Å². The van der Waals surface area contributed by atoms with Crippen LogP contribution >= 0.6 is 0 Å². The molecule has 9 nitrogen and oxygen atoms in total. The van der Waals surface area contributed by atoms with Gasteiger partial charge in [0.05, 0.1) is 25.1 Å². The summed E-state index contributed by atoms with van der Waals surface area (Å²) in [5.74, 6) is 1.88. The lowest BCUT2D eigenvalue weighted by Crippen LogP contribution is -2.17. The van der Waals surface area contributed by atoms with Crippen LogP contribution in [-0.4, -0.2) is 43.5 Å². The molecule has 3 aromatic carbocycles. The number of carbonyl (C=O) groups excluding carboxylic acids is 1. The van der Waals surface area contributed by atoms with Gasteiger partial charge in [-0.25, -0.2) is 19.2 Å². The van der Waals surface area contributed by atoms with E-state index in [1.807, 2.05) is 0 Å². The molecule has 35 heavy (non-hydrogen) atoms. The van der Waals surface area contributed by atoms with E-state index in [-0.39, 0.29) is 13.2 Å². The predicted molar refractivity (Wildman–Crippen MR) is 126 cm³/mol. The minimum absolute atomic E-state index is 0.00141. The Morgan fingerprint density at radius 3 is 2.43 bits per heavy atom. The molecule has 0 aliphatic heterocycles. The smallest absolute Gasteiger partial charge is 0.411 e. The van der Waals surface area contributed by atoms with E-state index >= 15 is 0 Å². The van der Waals surface area contributed by atoms with Crippen molar-refractivity contribution in [3.63, 3.8) is 0 Å². The van der Waals surface area contributed by atoms with Crippen LogP contribution in [0.15, 0.2) is 67.0 Å². The summed E-state index contributed by atoms with van der Waals surface area (Å²) in [4.78, 5) is 20.5. The first-order valence-corrected chi connectivity index (χ1v) is 10.5. The Morgan fingerprint density at radius 2 is 1.69 bits per heavy atom. The third-order valence-electron chi connectivity index (χ3n) is 4.80. The maximum atomic E-state index is 13.1. The minimum Gasteiger partial charge on any atom is -0.493 e. The number of rotatable bonds is 9. The Hall–Kier alpha value is -4.60. The van der Waals surface area contributed by atoms with Gasteiger partial charge in [0.1, 0.15) is 36.9 Å². The molecule has 10 heteroatoms. The Bertz CT molecular complexity index is 1320. The Kier molecular flexibility index (Phi) is 7.41. The zero-order valence-corrected chi connectivity index (χ0v) is 19.0. The molecular formula is C25H22FN3O6. The van der Waals surface area contributed by atoms with Gasteiger partial charge in [0.15, 0.2) is 11.5 Å². The molecule has 1 heterocycles. The summed E-state index contributed by atoms with van der Waals surface area (Å²) in [5.41, 5.74) is 1.14. The normalized spacial score (nSPS) is 10.5. The third kappa shape index (κ3) is 6.05. The van der Waals surface area contributed by atoms with Gasteiger partial charge in [-0.3, -0.25) is 5.32 Å². The molecule has 0 unspecified atom stereocenters. The molecule has 0 bridgehead atoms. The van der Waals surface area contributed by atoms with Gasteiger partial charge in [-0.2, -0.15) is 0 Å². The fourth-order valence-corrected chi connectivity index (χ4v) is 3.16. The molecule has 0 atom stereocenters. The van der Waals surface area contributed by atoms with Gasteiger partial charge in [-0.15, -0.1) is 0 Å². The molecule has 1 aromatic heterocycles. The van der Waals surface area contributed by atoms with Crippen LogP contribution in [0.1, 0.15) is 0 Å². The average molecular weight is 479 g/mol. The zero-order valence-electron chi connectivity index (χ0n) is 19.0. The monoisotopic (exact) mass is 479 g/mol. The Labute approximate surface area is 200 Å². The fourth-order valence-electron chi connectivity index (χ4n) is 3.16. The van der Waals surface area contributed by atoms with Crippen molar-refractivity contribution in [2.45, 2.75) is 0 Å². The number of hydrogen-bond acceptors (Lipinski definition) is 8. The second-order valence-electron chi connectivity index (χ2n) is 7.10. The van der Waals surface area contributed by atoms with Crippen LogP contribution in [0.2, 0.25) is 0 Å². The van der Waals surface area contributed by atoms with Crippen LogP contribution in [-0.2, 0) is 4.74 Å². The van der Waals surface area contributed by atoms with Crippen molar-refractivity contribution >= 4 is 22.7 Å². The summed E-state index contributed by atoms with van der Waals surface area (Å²) in [6.07, 6.45) is 0.748. The lowest BCUT2D eigenvalue weighted by Gasteiger charge is -2.12. The fraction of sp³-hybridized carbons (Fsp3) is 0.160. The first-order chi connectivity index (χ1) is 17.1. The molecule has 4 aromatic rings. The molecule has 0 aliphatic carbocycles. The Morgan fingerprint density at radius 1 is 0.914 bits per heavy atom. The number of anilines is 1. The maximum absolute atomic E-state index is 13.1. The molecule has 0 fully saturated rings. The highest BCUT2D eigenvalue weighted by Gasteiger charge is 2.13. The van der Waals surface area contributed by atoms with Gasteiger partial charge < -0.3 is 23.7 Å². The van der Waals surface area contributed by atoms with Crippen LogP contribution in [0.5, 0.6) is 28.9 Å². The van der Waals surface area contributed by atoms with Crippen molar-refractivity contribution in [3.05, 3.63) is 72.8 Å². The van der Waals surface area contributed by atoms with Crippen LogP contribution in [0.3, 0.4) is 0 Å². The minimum atomic E-state index is -0.649. The van der Waals surface area contributed by atoms with Crippen molar-refractivity contribution in [1.82, 2.24) is 9.97 Å². The maximum Gasteiger partial charge on any atom is 0.411 e. The molecule has 0 radical (unpaired) electrons. The number of ether oxygens (including phenoxy) is 5. The number of nitrogens with zero attached hydrogens (tertiary/aromatic N) is 2. The van der Waals surface area contributed by atoms with Gasteiger partial charge in [0.2, 0.25) is 5.88 Å². The van der Waals surface area contributed by atoms with Crippen molar-refractivity contribution in [2.75, 3.05) is 32.8 Å². The van der Waals surface area contributed by atoms with Crippen molar-refractivity contribution < 1.29 is 32.9 Å². The number of amides is 1. The van der Waals surface area contributed by atoms with Gasteiger partial charge in [-0.1, -0.05) is 6.07 Å². The lowest BCUT2D eigenvalue weighted by molar-refractivity contribution is 0.137. The number of carbonyl (C=O) groups is 1. The van der Waals surface area contributed by atoms with Crippen LogP contribution in [0, 0.1) is 5.82 Å². The summed E-state index contributed by atoms with van der Waals surface area (Å²) in [6.45, 7) is 0.0891. The van der Waals surface area contributed by atoms with E-state index in [0.29, 0.717) is 45.5 Å². The molecule has 1 N–H and O–H groups in total. The molecular weight excluding hydrogens is 457 g/mol. The molecule has 0 saturated carbocycles.